The predicted molar refractivity (Wildman–Crippen MR) is 81.9 cm³/mol. The Morgan fingerprint density at radius 1 is 1.21 bits per heavy atom. The largest absolute Gasteiger partial charge is 0.399 e. The van der Waals surface area contributed by atoms with Gasteiger partial charge in [-0.25, -0.2) is 0 Å². The van der Waals surface area contributed by atoms with E-state index in [-0.39, 0.29) is 16.5 Å². The molecule has 1 rings (SSSR count). The molecule has 0 aliphatic heterocycles. The van der Waals surface area contributed by atoms with E-state index in [2.05, 4.69) is 26.1 Å². The molecule has 1 amide bonds. The number of nitrogens with one attached hydrogen (secondary N) is 1. The molecule has 19 heavy (non-hydrogen) atoms. The van der Waals surface area contributed by atoms with Crippen LogP contribution in [0.5, 0.6) is 0 Å². The third-order valence-electron chi connectivity index (χ3n) is 3.70. The Balaban J connectivity index is 3.08. The van der Waals surface area contributed by atoms with Crippen LogP contribution in [0.4, 0.5) is 5.69 Å². The van der Waals surface area contributed by atoms with Gasteiger partial charge in [0.1, 0.15) is 0 Å². The number of halogens is 2. The first-order valence-corrected chi connectivity index (χ1v) is 7.21. The van der Waals surface area contributed by atoms with Crippen LogP contribution in [0.25, 0.3) is 0 Å². The fourth-order valence-electron chi connectivity index (χ4n) is 2.10. The molecule has 1 aromatic rings. The number of nitrogens with two attached hydrogens (primary N) is 1. The van der Waals surface area contributed by atoms with Gasteiger partial charge in [-0.1, -0.05) is 44.0 Å². The molecule has 3 nitrogen and oxygen atoms in total. The summed E-state index contributed by atoms with van der Waals surface area (Å²) in [6, 6.07) is 3.09. The van der Waals surface area contributed by atoms with Gasteiger partial charge in [-0.15, -0.1) is 0 Å². The predicted octanol–water partition coefficient (Wildman–Crippen LogP) is 4.27. The molecule has 0 atom stereocenters. The number of hydrogen-bond acceptors (Lipinski definition) is 2. The standard InChI is InChI=1S/C14H20Cl2N2O/c1-4-14(5-2,6-3)18-13(19)10-7-9(17)8-11(15)12(10)16/h7-8H,4-6,17H2,1-3H3,(H,18,19). The van der Waals surface area contributed by atoms with Gasteiger partial charge in [0.25, 0.3) is 5.91 Å². The van der Waals surface area contributed by atoms with Crippen molar-refractivity contribution in [2.75, 3.05) is 5.73 Å². The average Bonchev–Trinajstić information content (AvgIpc) is 2.40. The lowest BCUT2D eigenvalue weighted by Crippen LogP contribution is -2.47. The van der Waals surface area contributed by atoms with Crippen LogP contribution in [0.2, 0.25) is 10.0 Å². The van der Waals surface area contributed by atoms with Crippen LogP contribution >= 0.6 is 23.2 Å². The summed E-state index contributed by atoms with van der Waals surface area (Å²) in [6.45, 7) is 6.17. The molecule has 0 heterocycles. The summed E-state index contributed by atoms with van der Waals surface area (Å²) < 4.78 is 0. The topological polar surface area (TPSA) is 55.1 Å². The number of amides is 1. The zero-order valence-electron chi connectivity index (χ0n) is 11.5. The van der Waals surface area contributed by atoms with Crippen LogP contribution in [-0.2, 0) is 0 Å². The number of hydrogen-bond donors (Lipinski definition) is 2. The van der Waals surface area contributed by atoms with Gasteiger partial charge >= 0.3 is 0 Å². The molecule has 0 fully saturated rings. The summed E-state index contributed by atoms with van der Waals surface area (Å²) in [7, 11) is 0. The van der Waals surface area contributed by atoms with E-state index in [0.29, 0.717) is 16.3 Å². The maximum Gasteiger partial charge on any atom is 0.253 e. The molecule has 106 valence electrons. The van der Waals surface area contributed by atoms with Gasteiger partial charge in [0.15, 0.2) is 0 Å². The van der Waals surface area contributed by atoms with Crippen LogP contribution in [0.15, 0.2) is 12.1 Å². The van der Waals surface area contributed by atoms with Crippen molar-refractivity contribution in [3.05, 3.63) is 27.7 Å². The maximum absolute atomic E-state index is 12.4. The third-order valence-corrected chi connectivity index (χ3v) is 4.51. The summed E-state index contributed by atoms with van der Waals surface area (Å²) in [4.78, 5) is 12.4. The van der Waals surface area contributed by atoms with Gasteiger partial charge in [0, 0.05) is 11.2 Å². The second kappa shape index (κ2) is 6.49. The van der Waals surface area contributed by atoms with Crippen molar-refractivity contribution in [2.24, 2.45) is 0 Å². The number of carbonyl (C=O) groups excluding carboxylic acids is 1. The molecular weight excluding hydrogens is 283 g/mol. The van der Waals surface area contributed by atoms with Gasteiger partial charge in [-0.3, -0.25) is 4.79 Å². The van der Waals surface area contributed by atoms with Crippen molar-refractivity contribution in [3.8, 4) is 0 Å². The third kappa shape index (κ3) is 3.54. The van der Waals surface area contributed by atoms with E-state index < -0.39 is 0 Å². The molecule has 1 aromatic carbocycles. The molecule has 0 saturated carbocycles. The lowest BCUT2D eigenvalue weighted by atomic mass is 9.89. The Bertz CT molecular complexity index is 462. The Morgan fingerprint density at radius 3 is 2.21 bits per heavy atom. The fourth-order valence-corrected chi connectivity index (χ4v) is 2.52. The molecular formula is C14H20Cl2N2O. The molecule has 0 aliphatic carbocycles. The van der Waals surface area contributed by atoms with Crippen molar-refractivity contribution in [1.82, 2.24) is 5.32 Å². The summed E-state index contributed by atoms with van der Waals surface area (Å²) in [6.07, 6.45) is 2.58. The van der Waals surface area contributed by atoms with E-state index in [9.17, 15) is 4.79 Å². The fraction of sp³-hybridized carbons (Fsp3) is 0.500. The molecule has 5 heteroatoms. The summed E-state index contributed by atoms with van der Waals surface area (Å²) in [5.74, 6) is -0.232. The number of benzene rings is 1. The summed E-state index contributed by atoms with van der Waals surface area (Å²) in [5.41, 5.74) is 6.24. The van der Waals surface area contributed by atoms with Gasteiger partial charge in [-0.05, 0) is 31.4 Å². The monoisotopic (exact) mass is 302 g/mol. The highest BCUT2D eigenvalue weighted by atomic mass is 35.5. The lowest BCUT2D eigenvalue weighted by molar-refractivity contribution is 0.0888. The van der Waals surface area contributed by atoms with Crippen molar-refractivity contribution in [2.45, 2.75) is 45.6 Å². The van der Waals surface area contributed by atoms with E-state index in [4.69, 9.17) is 28.9 Å². The minimum absolute atomic E-state index is 0.211. The Hall–Kier alpha value is -0.930. The first-order valence-electron chi connectivity index (χ1n) is 6.46. The SMILES string of the molecule is CCC(CC)(CC)NC(=O)c1cc(N)cc(Cl)c1Cl. The highest BCUT2D eigenvalue weighted by Crippen LogP contribution is 2.29. The molecule has 0 unspecified atom stereocenters. The van der Waals surface area contributed by atoms with Crippen LogP contribution < -0.4 is 11.1 Å². The minimum atomic E-state index is -0.232. The van der Waals surface area contributed by atoms with Crippen molar-refractivity contribution >= 4 is 34.8 Å². The van der Waals surface area contributed by atoms with Crippen molar-refractivity contribution in [3.63, 3.8) is 0 Å². The summed E-state index contributed by atoms with van der Waals surface area (Å²) >= 11 is 12.0. The normalized spacial score (nSPS) is 11.4. The Morgan fingerprint density at radius 2 is 1.74 bits per heavy atom. The minimum Gasteiger partial charge on any atom is -0.399 e. The van der Waals surface area contributed by atoms with E-state index in [1.54, 1.807) is 6.07 Å². The zero-order chi connectivity index (χ0) is 14.6. The second-order valence-electron chi connectivity index (χ2n) is 4.66. The van der Waals surface area contributed by atoms with Crippen LogP contribution in [0.1, 0.15) is 50.4 Å². The van der Waals surface area contributed by atoms with Crippen LogP contribution in [0.3, 0.4) is 0 Å². The van der Waals surface area contributed by atoms with E-state index >= 15 is 0 Å². The number of carbonyl (C=O) groups is 1. The van der Waals surface area contributed by atoms with E-state index in [0.717, 1.165) is 19.3 Å². The maximum atomic E-state index is 12.4. The molecule has 0 saturated heterocycles. The molecule has 3 N–H and O–H groups in total. The van der Waals surface area contributed by atoms with Crippen LogP contribution in [-0.4, -0.2) is 11.4 Å². The molecule has 0 radical (unpaired) electrons. The Labute approximate surface area is 124 Å². The molecule has 0 bridgehead atoms. The van der Waals surface area contributed by atoms with Gasteiger partial charge in [0.2, 0.25) is 0 Å². The van der Waals surface area contributed by atoms with Gasteiger partial charge in [-0.2, -0.15) is 0 Å². The zero-order valence-corrected chi connectivity index (χ0v) is 13.0. The van der Waals surface area contributed by atoms with Crippen molar-refractivity contribution < 1.29 is 4.79 Å². The first-order chi connectivity index (χ1) is 8.89. The number of rotatable bonds is 5. The van der Waals surface area contributed by atoms with Crippen molar-refractivity contribution in [1.29, 1.82) is 0 Å². The molecule has 0 aliphatic rings. The lowest BCUT2D eigenvalue weighted by Gasteiger charge is -2.32. The average molecular weight is 303 g/mol. The first kappa shape index (κ1) is 16.1. The highest BCUT2D eigenvalue weighted by Gasteiger charge is 2.27. The number of nitrogen functional groups attached to an aromatic ring is 1. The smallest absolute Gasteiger partial charge is 0.253 e. The summed E-state index contributed by atoms with van der Waals surface area (Å²) in [5, 5.41) is 3.59. The highest BCUT2D eigenvalue weighted by molar-refractivity contribution is 6.44. The Kier molecular flexibility index (Phi) is 5.50. The van der Waals surface area contributed by atoms with Crippen LogP contribution in [0, 0.1) is 0 Å². The molecule has 0 aromatic heterocycles. The van der Waals surface area contributed by atoms with Gasteiger partial charge < -0.3 is 11.1 Å². The van der Waals surface area contributed by atoms with E-state index in [1.807, 2.05) is 0 Å². The van der Waals surface area contributed by atoms with E-state index in [1.165, 1.54) is 6.07 Å². The second-order valence-corrected chi connectivity index (χ2v) is 5.44. The quantitative estimate of drug-likeness (QED) is 0.798. The van der Waals surface area contributed by atoms with Gasteiger partial charge in [0.05, 0.1) is 15.6 Å². The molecule has 0 spiro atoms. The number of anilines is 1.